The van der Waals surface area contributed by atoms with Crippen LogP contribution in [0, 0.1) is 0 Å². The Bertz CT molecular complexity index is 431. The van der Waals surface area contributed by atoms with Gasteiger partial charge in [-0.3, -0.25) is 4.79 Å². The monoisotopic (exact) mass is 297 g/mol. The fourth-order valence-corrected chi connectivity index (χ4v) is 1.77. The number of carbonyl (C=O) groups is 1. The second-order valence-electron chi connectivity index (χ2n) is 2.94. The molecule has 16 heavy (non-hydrogen) atoms. The standard InChI is InChI=1S/C9H7BrF3NO2/c1-4(15)7-5(10)2-3-6(8(7)14)16-9(11,12)13/h2-3H,14H2,1H3. The SMILES string of the molecule is CC(=O)c1c(Br)ccc(OC(F)(F)F)c1N. The fourth-order valence-electron chi connectivity index (χ4n) is 1.15. The van der Waals surface area contributed by atoms with Crippen molar-refractivity contribution < 1.29 is 22.7 Å². The first kappa shape index (κ1) is 12.8. The molecule has 0 saturated heterocycles. The highest BCUT2D eigenvalue weighted by Gasteiger charge is 2.32. The summed E-state index contributed by atoms with van der Waals surface area (Å²) < 4.78 is 39.9. The number of halogens is 4. The zero-order valence-corrected chi connectivity index (χ0v) is 9.65. The predicted molar refractivity (Wildman–Crippen MR) is 55.2 cm³/mol. The average Bonchev–Trinajstić information content (AvgIpc) is 2.07. The first-order valence-corrected chi connectivity index (χ1v) is 4.86. The maximum Gasteiger partial charge on any atom is 0.573 e. The summed E-state index contributed by atoms with van der Waals surface area (Å²) in [4.78, 5) is 11.2. The Morgan fingerprint density at radius 1 is 1.44 bits per heavy atom. The lowest BCUT2D eigenvalue weighted by atomic mass is 10.1. The van der Waals surface area contributed by atoms with E-state index in [2.05, 4.69) is 20.7 Å². The number of rotatable bonds is 2. The first-order chi connectivity index (χ1) is 7.22. The maximum atomic E-state index is 12.0. The second kappa shape index (κ2) is 4.32. The van der Waals surface area contributed by atoms with Crippen molar-refractivity contribution in [1.82, 2.24) is 0 Å². The van der Waals surface area contributed by atoms with Crippen molar-refractivity contribution in [2.45, 2.75) is 13.3 Å². The number of anilines is 1. The molecule has 7 heteroatoms. The minimum atomic E-state index is -4.84. The molecule has 0 spiro atoms. The van der Waals surface area contributed by atoms with E-state index in [9.17, 15) is 18.0 Å². The van der Waals surface area contributed by atoms with Crippen LogP contribution >= 0.6 is 15.9 Å². The van der Waals surface area contributed by atoms with Gasteiger partial charge in [0, 0.05) is 4.47 Å². The van der Waals surface area contributed by atoms with E-state index >= 15 is 0 Å². The normalized spacial score (nSPS) is 11.3. The summed E-state index contributed by atoms with van der Waals surface area (Å²) in [6, 6.07) is 2.31. The molecule has 0 aliphatic heterocycles. The van der Waals surface area contributed by atoms with Gasteiger partial charge in [0.1, 0.15) is 0 Å². The molecule has 0 aliphatic carbocycles. The van der Waals surface area contributed by atoms with Gasteiger partial charge >= 0.3 is 6.36 Å². The highest BCUT2D eigenvalue weighted by atomic mass is 79.9. The second-order valence-corrected chi connectivity index (χ2v) is 3.79. The predicted octanol–water partition coefficient (Wildman–Crippen LogP) is 3.13. The highest BCUT2D eigenvalue weighted by molar-refractivity contribution is 9.10. The van der Waals surface area contributed by atoms with Gasteiger partial charge in [0.2, 0.25) is 0 Å². The van der Waals surface area contributed by atoms with E-state index in [4.69, 9.17) is 5.73 Å². The Morgan fingerprint density at radius 3 is 2.44 bits per heavy atom. The van der Waals surface area contributed by atoms with Crippen molar-refractivity contribution in [2.24, 2.45) is 0 Å². The molecule has 0 aromatic heterocycles. The van der Waals surface area contributed by atoms with Gasteiger partial charge in [-0.25, -0.2) is 0 Å². The van der Waals surface area contributed by atoms with Crippen LogP contribution in [0.5, 0.6) is 5.75 Å². The van der Waals surface area contributed by atoms with Crippen LogP contribution in [0.2, 0.25) is 0 Å². The molecule has 0 fully saturated rings. The van der Waals surface area contributed by atoms with Crippen molar-refractivity contribution in [1.29, 1.82) is 0 Å². The molecule has 1 aromatic rings. The molecule has 0 bridgehead atoms. The lowest BCUT2D eigenvalue weighted by Crippen LogP contribution is -2.18. The molecule has 0 unspecified atom stereocenters. The number of hydrogen-bond acceptors (Lipinski definition) is 3. The smallest absolute Gasteiger partial charge is 0.404 e. The number of Topliss-reactive ketones (excluding diaryl/α,β-unsaturated/α-hetero) is 1. The third-order valence-corrected chi connectivity index (χ3v) is 2.39. The van der Waals surface area contributed by atoms with Gasteiger partial charge in [-0.2, -0.15) is 0 Å². The molecule has 88 valence electrons. The Labute approximate surface area is 97.5 Å². The van der Waals surface area contributed by atoms with Crippen LogP contribution in [0.4, 0.5) is 18.9 Å². The average molecular weight is 298 g/mol. The maximum absolute atomic E-state index is 12.0. The molecule has 0 radical (unpaired) electrons. The minimum Gasteiger partial charge on any atom is -0.404 e. The lowest BCUT2D eigenvalue weighted by Gasteiger charge is -2.13. The van der Waals surface area contributed by atoms with Crippen molar-refractivity contribution in [3.63, 3.8) is 0 Å². The summed E-state index contributed by atoms with van der Waals surface area (Å²) in [5.74, 6) is -1.03. The van der Waals surface area contributed by atoms with Crippen LogP contribution in [0.3, 0.4) is 0 Å². The van der Waals surface area contributed by atoms with E-state index in [1.807, 2.05) is 0 Å². The van der Waals surface area contributed by atoms with Crippen LogP contribution in [-0.2, 0) is 0 Å². The van der Waals surface area contributed by atoms with E-state index in [0.29, 0.717) is 4.47 Å². The summed E-state index contributed by atoms with van der Waals surface area (Å²) >= 11 is 3.02. The van der Waals surface area contributed by atoms with Gasteiger partial charge in [0.05, 0.1) is 11.3 Å². The number of hydrogen-bond donors (Lipinski definition) is 1. The Morgan fingerprint density at radius 2 is 2.00 bits per heavy atom. The molecule has 0 aliphatic rings. The van der Waals surface area contributed by atoms with Gasteiger partial charge in [0.25, 0.3) is 0 Å². The lowest BCUT2D eigenvalue weighted by molar-refractivity contribution is -0.274. The third kappa shape index (κ3) is 2.88. The van der Waals surface area contributed by atoms with Gasteiger partial charge in [-0.05, 0) is 35.0 Å². The molecule has 0 atom stereocenters. The molecule has 0 heterocycles. The molecule has 0 saturated carbocycles. The Hall–Kier alpha value is -1.24. The number of benzene rings is 1. The minimum absolute atomic E-state index is 0.0262. The molecular weight excluding hydrogens is 291 g/mol. The summed E-state index contributed by atoms with van der Waals surface area (Å²) in [6.07, 6.45) is -4.84. The van der Waals surface area contributed by atoms with Gasteiger partial charge < -0.3 is 10.5 Å². The number of ketones is 1. The van der Waals surface area contributed by atoms with E-state index in [0.717, 1.165) is 6.07 Å². The van der Waals surface area contributed by atoms with E-state index in [-0.39, 0.29) is 11.3 Å². The zero-order valence-electron chi connectivity index (χ0n) is 8.06. The summed E-state index contributed by atoms with van der Waals surface area (Å²) in [5, 5.41) is 0. The summed E-state index contributed by atoms with van der Waals surface area (Å²) in [7, 11) is 0. The highest BCUT2D eigenvalue weighted by Crippen LogP contribution is 2.34. The van der Waals surface area contributed by atoms with Crippen LogP contribution in [0.15, 0.2) is 16.6 Å². The molecule has 0 amide bonds. The molecule has 3 nitrogen and oxygen atoms in total. The van der Waals surface area contributed by atoms with Crippen LogP contribution in [0.25, 0.3) is 0 Å². The van der Waals surface area contributed by atoms with Gasteiger partial charge in [-0.15, -0.1) is 13.2 Å². The molecule has 1 rings (SSSR count). The van der Waals surface area contributed by atoms with Crippen LogP contribution in [0.1, 0.15) is 17.3 Å². The zero-order chi connectivity index (χ0) is 12.5. The van der Waals surface area contributed by atoms with Crippen molar-refractivity contribution in [3.05, 3.63) is 22.2 Å². The van der Waals surface area contributed by atoms with Crippen molar-refractivity contribution in [2.75, 3.05) is 5.73 Å². The first-order valence-electron chi connectivity index (χ1n) is 4.07. The molecule has 1 aromatic carbocycles. The summed E-state index contributed by atoms with van der Waals surface area (Å²) in [5.41, 5.74) is 5.06. The number of nitrogens with two attached hydrogens (primary N) is 1. The quantitative estimate of drug-likeness (QED) is 0.674. The number of nitrogen functional groups attached to an aromatic ring is 1. The number of carbonyl (C=O) groups excluding carboxylic acids is 1. The largest absolute Gasteiger partial charge is 0.573 e. The Kier molecular flexibility index (Phi) is 3.47. The third-order valence-electron chi connectivity index (χ3n) is 1.73. The van der Waals surface area contributed by atoms with Gasteiger partial charge in [0.15, 0.2) is 11.5 Å². The number of ether oxygens (including phenoxy) is 1. The number of alkyl halides is 3. The Balaban J connectivity index is 3.24. The topological polar surface area (TPSA) is 52.3 Å². The fraction of sp³-hybridized carbons (Fsp3) is 0.222. The van der Waals surface area contributed by atoms with Gasteiger partial charge in [-0.1, -0.05) is 0 Å². The van der Waals surface area contributed by atoms with Crippen molar-refractivity contribution in [3.8, 4) is 5.75 Å². The molecule has 2 N–H and O–H groups in total. The van der Waals surface area contributed by atoms with E-state index < -0.39 is 17.9 Å². The molecular formula is C9H7BrF3NO2. The van der Waals surface area contributed by atoms with E-state index in [1.54, 1.807) is 0 Å². The van der Waals surface area contributed by atoms with E-state index in [1.165, 1.54) is 13.0 Å². The van der Waals surface area contributed by atoms with Crippen molar-refractivity contribution >= 4 is 27.4 Å². The van der Waals surface area contributed by atoms with Crippen LogP contribution < -0.4 is 10.5 Å². The summed E-state index contributed by atoms with van der Waals surface area (Å²) in [6.45, 7) is 1.20. The van der Waals surface area contributed by atoms with Crippen LogP contribution in [-0.4, -0.2) is 12.1 Å².